The van der Waals surface area contributed by atoms with Crippen LogP contribution in [-0.4, -0.2) is 25.8 Å². The average molecular weight is 299 g/mol. The average Bonchev–Trinajstić information content (AvgIpc) is 3.02. The van der Waals surface area contributed by atoms with Crippen LogP contribution < -0.4 is 0 Å². The Balaban J connectivity index is 1.62. The Morgan fingerprint density at radius 2 is 2.23 bits per heavy atom. The van der Waals surface area contributed by atoms with Crippen LogP contribution in [0.1, 0.15) is 18.9 Å². The number of hydrogen-bond donors (Lipinski definition) is 2. The summed E-state index contributed by atoms with van der Waals surface area (Å²) >= 11 is 0. The Bertz CT molecular complexity index is 861. The van der Waals surface area contributed by atoms with E-state index in [4.69, 9.17) is 5.11 Å². The Hall–Kier alpha value is -2.63. The molecule has 2 aromatic heterocycles. The number of aromatic amines is 1. The first-order valence-corrected chi connectivity index (χ1v) is 7.16. The van der Waals surface area contributed by atoms with Gasteiger partial charge in [0, 0.05) is 34.4 Å². The van der Waals surface area contributed by atoms with Crippen LogP contribution in [-0.2, 0) is 4.79 Å². The lowest BCUT2D eigenvalue weighted by atomic mass is 9.80. The van der Waals surface area contributed by atoms with Gasteiger partial charge in [-0.05, 0) is 31.0 Å². The molecular weight excluding hydrogens is 285 g/mol. The van der Waals surface area contributed by atoms with Gasteiger partial charge in [0.15, 0.2) is 0 Å². The number of carbonyl (C=O) groups is 1. The fourth-order valence-corrected chi connectivity index (χ4v) is 3.02. The number of nitrogens with zero attached hydrogens (tertiary/aromatic N) is 2. The molecule has 112 valence electrons. The zero-order valence-corrected chi connectivity index (χ0v) is 11.7. The van der Waals surface area contributed by atoms with Gasteiger partial charge in [-0.15, -0.1) is 0 Å². The Morgan fingerprint density at radius 3 is 3.00 bits per heavy atom. The van der Waals surface area contributed by atoms with Crippen molar-refractivity contribution in [2.75, 3.05) is 0 Å². The molecule has 0 radical (unpaired) electrons. The van der Waals surface area contributed by atoms with Gasteiger partial charge in [-0.2, -0.15) is 5.10 Å². The molecule has 1 saturated carbocycles. The van der Waals surface area contributed by atoms with Gasteiger partial charge >= 0.3 is 5.97 Å². The van der Waals surface area contributed by atoms with Crippen molar-refractivity contribution in [2.45, 2.75) is 18.9 Å². The predicted molar refractivity (Wildman–Crippen MR) is 78.9 cm³/mol. The molecule has 0 spiro atoms. The smallest absolute Gasteiger partial charge is 0.306 e. The highest BCUT2D eigenvalue weighted by Crippen LogP contribution is 2.38. The van der Waals surface area contributed by atoms with Crippen LogP contribution in [0.2, 0.25) is 0 Å². The van der Waals surface area contributed by atoms with Crippen LogP contribution >= 0.6 is 0 Å². The van der Waals surface area contributed by atoms with Gasteiger partial charge in [-0.25, -0.2) is 4.39 Å². The minimum absolute atomic E-state index is 0.150. The third-order valence-electron chi connectivity index (χ3n) is 4.39. The highest BCUT2D eigenvalue weighted by Gasteiger charge is 2.36. The van der Waals surface area contributed by atoms with E-state index < -0.39 is 5.97 Å². The maximum atomic E-state index is 13.2. The summed E-state index contributed by atoms with van der Waals surface area (Å²) in [6.45, 7) is 0. The van der Waals surface area contributed by atoms with E-state index in [0.29, 0.717) is 12.8 Å². The molecule has 5 nitrogen and oxygen atoms in total. The molecule has 3 aromatic rings. The number of H-pyrrole nitrogens is 1. The van der Waals surface area contributed by atoms with Crippen molar-refractivity contribution in [1.29, 1.82) is 0 Å². The van der Waals surface area contributed by atoms with Crippen molar-refractivity contribution in [1.82, 2.24) is 14.8 Å². The van der Waals surface area contributed by atoms with Crippen molar-refractivity contribution >= 4 is 16.9 Å². The van der Waals surface area contributed by atoms with Gasteiger partial charge in [0.05, 0.1) is 18.2 Å². The van der Waals surface area contributed by atoms with E-state index in [1.165, 1.54) is 12.1 Å². The van der Waals surface area contributed by atoms with Crippen LogP contribution in [0.25, 0.3) is 22.0 Å². The normalized spacial score (nSPS) is 21.0. The zero-order chi connectivity index (χ0) is 15.3. The first-order valence-electron chi connectivity index (χ1n) is 7.16. The summed E-state index contributed by atoms with van der Waals surface area (Å²) in [7, 11) is 0. The molecule has 0 atom stereocenters. The molecule has 2 N–H and O–H groups in total. The molecule has 0 aliphatic heterocycles. The largest absolute Gasteiger partial charge is 0.481 e. The van der Waals surface area contributed by atoms with Gasteiger partial charge in [0.2, 0.25) is 0 Å². The molecule has 1 aliphatic rings. The molecule has 1 aliphatic carbocycles. The highest BCUT2D eigenvalue weighted by atomic mass is 19.1. The number of carboxylic acids is 1. The third-order valence-corrected chi connectivity index (χ3v) is 4.39. The number of aliphatic carboxylic acids is 1. The van der Waals surface area contributed by atoms with Gasteiger partial charge in [0.25, 0.3) is 0 Å². The summed E-state index contributed by atoms with van der Waals surface area (Å²) in [5.41, 5.74) is 2.66. The summed E-state index contributed by atoms with van der Waals surface area (Å²) in [6.07, 6.45) is 6.77. The fourth-order valence-electron chi connectivity index (χ4n) is 3.02. The molecule has 0 amide bonds. The molecular formula is C16H14FN3O2. The fraction of sp³-hybridized carbons (Fsp3) is 0.250. The first kappa shape index (κ1) is 13.1. The van der Waals surface area contributed by atoms with E-state index in [-0.39, 0.29) is 17.8 Å². The van der Waals surface area contributed by atoms with Crippen molar-refractivity contribution in [2.24, 2.45) is 5.92 Å². The molecule has 0 unspecified atom stereocenters. The van der Waals surface area contributed by atoms with E-state index >= 15 is 0 Å². The van der Waals surface area contributed by atoms with E-state index in [1.54, 1.807) is 12.3 Å². The predicted octanol–water partition coefficient (Wildman–Crippen LogP) is 3.21. The van der Waals surface area contributed by atoms with Crippen LogP contribution in [0, 0.1) is 11.7 Å². The van der Waals surface area contributed by atoms with Crippen LogP contribution in [0.4, 0.5) is 4.39 Å². The lowest BCUT2D eigenvalue weighted by Crippen LogP contribution is -2.32. The number of rotatable bonds is 3. The van der Waals surface area contributed by atoms with Crippen LogP contribution in [0.15, 0.2) is 36.8 Å². The number of benzene rings is 1. The highest BCUT2D eigenvalue weighted by molar-refractivity contribution is 5.95. The molecule has 6 heteroatoms. The van der Waals surface area contributed by atoms with Crippen LogP contribution in [0.3, 0.4) is 0 Å². The van der Waals surface area contributed by atoms with E-state index in [9.17, 15) is 9.18 Å². The summed E-state index contributed by atoms with van der Waals surface area (Å²) in [4.78, 5) is 13.9. The monoisotopic (exact) mass is 299 g/mol. The molecule has 4 rings (SSSR count). The molecule has 0 saturated heterocycles. The second kappa shape index (κ2) is 4.69. The van der Waals surface area contributed by atoms with Gasteiger partial charge in [-0.3, -0.25) is 9.48 Å². The lowest BCUT2D eigenvalue weighted by molar-refractivity contribution is -0.146. The van der Waals surface area contributed by atoms with E-state index in [2.05, 4.69) is 10.1 Å². The maximum Gasteiger partial charge on any atom is 0.306 e. The van der Waals surface area contributed by atoms with Crippen molar-refractivity contribution in [3.8, 4) is 11.1 Å². The Kier molecular flexibility index (Phi) is 2.79. The lowest BCUT2D eigenvalue weighted by Gasteiger charge is -2.32. The summed E-state index contributed by atoms with van der Waals surface area (Å²) in [5.74, 6) is -1.26. The molecule has 1 aromatic carbocycles. The minimum Gasteiger partial charge on any atom is -0.481 e. The van der Waals surface area contributed by atoms with Crippen molar-refractivity contribution in [3.05, 3.63) is 42.6 Å². The summed E-state index contributed by atoms with van der Waals surface area (Å²) in [5, 5.41) is 14.2. The summed E-state index contributed by atoms with van der Waals surface area (Å²) < 4.78 is 15.1. The van der Waals surface area contributed by atoms with Gasteiger partial charge in [0.1, 0.15) is 5.82 Å². The molecule has 0 bridgehead atoms. The van der Waals surface area contributed by atoms with E-state index in [0.717, 1.165) is 22.0 Å². The molecule has 22 heavy (non-hydrogen) atoms. The van der Waals surface area contributed by atoms with Gasteiger partial charge < -0.3 is 10.1 Å². The third kappa shape index (κ3) is 1.99. The Morgan fingerprint density at radius 1 is 1.41 bits per heavy atom. The second-order valence-corrected chi connectivity index (χ2v) is 5.76. The number of halogens is 1. The standard InChI is InChI=1S/C16H14FN3O2/c17-11-1-2-13-14(7-18-15(13)5-11)10-6-19-20(8-10)12-3-9(4-12)16(21)22/h1-2,5-9,12,18H,3-4H2,(H,21,22)/t9-,12-. The van der Waals surface area contributed by atoms with E-state index in [1.807, 2.05) is 17.1 Å². The quantitative estimate of drug-likeness (QED) is 0.780. The SMILES string of the molecule is O=C(O)[C@H]1C[C@H](n2cc(-c3c[nH]c4cc(F)ccc34)cn2)C1. The molecule has 1 fully saturated rings. The van der Waals surface area contributed by atoms with Crippen molar-refractivity contribution in [3.63, 3.8) is 0 Å². The minimum atomic E-state index is -0.734. The number of fused-ring (bicyclic) bond motifs is 1. The topological polar surface area (TPSA) is 70.9 Å². The Labute approximate surface area is 125 Å². The number of nitrogens with one attached hydrogen (secondary N) is 1. The first-order chi connectivity index (χ1) is 10.6. The molecule has 2 heterocycles. The zero-order valence-electron chi connectivity index (χ0n) is 11.7. The number of carboxylic acid groups (broad SMARTS) is 1. The maximum absolute atomic E-state index is 13.2. The van der Waals surface area contributed by atoms with Gasteiger partial charge in [-0.1, -0.05) is 0 Å². The van der Waals surface area contributed by atoms with Crippen LogP contribution in [0.5, 0.6) is 0 Å². The number of aromatic nitrogens is 3. The summed E-state index contributed by atoms with van der Waals surface area (Å²) in [6, 6.07) is 4.80. The second-order valence-electron chi connectivity index (χ2n) is 5.76. The number of hydrogen-bond acceptors (Lipinski definition) is 2. The van der Waals surface area contributed by atoms with Crippen molar-refractivity contribution < 1.29 is 14.3 Å².